The quantitative estimate of drug-likeness (QED) is 0.419. The van der Waals surface area contributed by atoms with E-state index in [1.807, 2.05) is 13.8 Å². The monoisotopic (exact) mass is 272 g/mol. The summed E-state index contributed by atoms with van der Waals surface area (Å²) in [5.74, 6) is -0.834. The van der Waals surface area contributed by atoms with Gasteiger partial charge >= 0.3 is 0 Å². The van der Waals surface area contributed by atoms with E-state index in [2.05, 4.69) is 16.0 Å². The van der Waals surface area contributed by atoms with Gasteiger partial charge in [0.1, 0.15) is 6.04 Å². The molecule has 0 bridgehead atoms. The van der Waals surface area contributed by atoms with Gasteiger partial charge in [-0.15, -0.1) is 0 Å². The number of rotatable bonds is 9. The molecule has 7 nitrogen and oxygen atoms in total. The SMILES string of the molecule is CNCC(=O)N[C@@H](CCC(C)C)C(=O)NCC(N)=O. The first-order valence-electron chi connectivity index (χ1n) is 6.36. The van der Waals surface area contributed by atoms with E-state index in [-0.39, 0.29) is 24.9 Å². The van der Waals surface area contributed by atoms with Gasteiger partial charge in [0.2, 0.25) is 17.7 Å². The van der Waals surface area contributed by atoms with Crippen LogP contribution in [0.25, 0.3) is 0 Å². The van der Waals surface area contributed by atoms with Gasteiger partial charge in [-0.2, -0.15) is 0 Å². The summed E-state index contributed by atoms with van der Waals surface area (Å²) in [6, 6.07) is -0.636. The van der Waals surface area contributed by atoms with Gasteiger partial charge in [-0.25, -0.2) is 0 Å². The lowest BCUT2D eigenvalue weighted by atomic mass is 10.0. The Morgan fingerprint density at radius 1 is 1.11 bits per heavy atom. The average molecular weight is 272 g/mol. The summed E-state index contributed by atoms with van der Waals surface area (Å²) in [6.07, 6.45) is 1.33. The van der Waals surface area contributed by atoms with E-state index >= 15 is 0 Å². The standard InChI is InChI=1S/C12H24N4O3/c1-8(2)4-5-9(16-11(18)7-14-3)12(19)15-6-10(13)17/h8-9,14H,4-7H2,1-3H3,(H2,13,17)(H,15,19)(H,16,18)/t9-/m0/s1. The fourth-order valence-electron chi connectivity index (χ4n) is 1.47. The molecule has 1 atom stereocenters. The van der Waals surface area contributed by atoms with Crippen LogP contribution in [0.2, 0.25) is 0 Å². The second kappa shape index (κ2) is 9.32. The number of hydrogen-bond donors (Lipinski definition) is 4. The van der Waals surface area contributed by atoms with E-state index in [1.165, 1.54) is 0 Å². The minimum Gasteiger partial charge on any atom is -0.368 e. The predicted molar refractivity (Wildman–Crippen MR) is 72.1 cm³/mol. The lowest BCUT2D eigenvalue weighted by Crippen LogP contribution is -2.50. The molecule has 0 aliphatic carbocycles. The molecule has 0 heterocycles. The Morgan fingerprint density at radius 3 is 2.21 bits per heavy atom. The second-order valence-corrected chi connectivity index (χ2v) is 4.81. The molecule has 0 aliphatic heterocycles. The van der Waals surface area contributed by atoms with E-state index in [0.29, 0.717) is 12.3 Å². The maximum Gasteiger partial charge on any atom is 0.243 e. The molecule has 0 spiro atoms. The van der Waals surface area contributed by atoms with Gasteiger partial charge in [-0.05, 0) is 25.8 Å². The third kappa shape index (κ3) is 9.01. The van der Waals surface area contributed by atoms with Crippen molar-refractivity contribution in [3.8, 4) is 0 Å². The van der Waals surface area contributed by atoms with Gasteiger partial charge in [-0.3, -0.25) is 14.4 Å². The highest BCUT2D eigenvalue weighted by atomic mass is 16.2. The summed E-state index contributed by atoms with van der Waals surface area (Å²) in [5.41, 5.74) is 4.96. The summed E-state index contributed by atoms with van der Waals surface area (Å²) in [7, 11) is 1.65. The maximum absolute atomic E-state index is 11.8. The number of likely N-dealkylation sites (N-methyl/N-ethyl adjacent to an activating group) is 1. The largest absolute Gasteiger partial charge is 0.368 e. The number of carbonyl (C=O) groups is 3. The third-order valence-corrected chi connectivity index (χ3v) is 2.46. The normalized spacial score (nSPS) is 12.0. The first-order valence-corrected chi connectivity index (χ1v) is 6.36. The van der Waals surface area contributed by atoms with Gasteiger partial charge in [0.25, 0.3) is 0 Å². The minimum atomic E-state index is -0.636. The molecule has 0 aromatic rings. The van der Waals surface area contributed by atoms with Crippen molar-refractivity contribution in [2.24, 2.45) is 11.7 Å². The van der Waals surface area contributed by atoms with E-state index in [1.54, 1.807) is 7.05 Å². The number of carbonyl (C=O) groups excluding carboxylic acids is 3. The summed E-state index contributed by atoms with van der Waals surface area (Å²) < 4.78 is 0. The zero-order chi connectivity index (χ0) is 14.8. The molecule has 110 valence electrons. The molecule has 0 fully saturated rings. The number of nitrogens with two attached hydrogens (primary N) is 1. The average Bonchev–Trinajstić information content (AvgIpc) is 2.31. The molecule has 19 heavy (non-hydrogen) atoms. The zero-order valence-electron chi connectivity index (χ0n) is 11.8. The Labute approximate surface area is 113 Å². The number of nitrogens with one attached hydrogen (secondary N) is 3. The highest BCUT2D eigenvalue weighted by molar-refractivity contribution is 5.90. The second-order valence-electron chi connectivity index (χ2n) is 4.81. The van der Waals surface area contributed by atoms with Crippen molar-refractivity contribution < 1.29 is 14.4 Å². The van der Waals surface area contributed by atoms with Crippen molar-refractivity contribution >= 4 is 17.7 Å². The van der Waals surface area contributed by atoms with Crippen LogP contribution < -0.4 is 21.7 Å². The van der Waals surface area contributed by atoms with Crippen LogP contribution in [0.5, 0.6) is 0 Å². The molecular formula is C12H24N4O3. The summed E-state index contributed by atoms with van der Waals surface area (Å²) in [6.45, 7) is 3.99. The van der Waals surface area contributed by atoms with Crippen molar-refractivity contribution in [2.45, 2.75) is 32.7 Å². The topological polar surface area (TPSA) is 113 Å². The smallest absolute Gasteiger partial charge is 0.243 e. The van der Waals surface area contributed by atoms with Crippen LogP contribution in [0.3, 0.4) is 0 Å². The summed E-state index contributed by atoms with van der Waals surface area (Å²) >= 11 is 0. The zero-order valence-corrected chi connectivity index (χ0v) is 11.8. The molecule has 0 radical (unpaired) electrons. The Kier molecular flexibility index (Phi) is 8.52. The number of hydrogen-bond acceptors (Lipinski definition) is 4. The highest BCUT2D eigenvalue weighted by Gasteiger charge is 2.20. The van der Waals surface area contributed by atoms with Crippen LogP contribution >= 0.6 is 0 Å². The molecule has 0 saturated heterocycles. The first-order chi connectivity index (χ1) is 8.86. The number of amides is 3. The van der Waals surface area contributed by atoms with Gasteiger partial charge in [0, 0.05) is 0 Å². The Morgan fingerprint density at radius 2 is 1.74 bits per heavy atom. The molecule has 0 aromatic heterocycles. The molecule has 0 saturated carbocycles. The lowest BCUT2D eigenvalue weighted by Gasteiger charge is -2.19. The Balaban J connectivity index is 4.42. The third-order valence-electron chi connectivity index (χ3n) is 2.46. The molecule has 3 amide bonds. The van der Waals surface area contributed by atoms with Crippen LogP contribution in [0.15, 0.2) is 0 Å². The van der Waals surface area contributed by atoms with Crippen LogP contribution in [-0.4, -0.2) is 43.9 Å². The van der Waals surface area contributed by atoms with Crippen LogP contribution in [0.1, 0.15) is 26.7 Å². The fraction of sp³-hybridized carbons (Fsp3) is 0.750. The van der Waals surface area contributed by atoms with E-state index in [0.717, 1.165) is 6.42 Å². The fourth-order valence-corrected chi connectivity index (χ4v) is 1.47. The van der Waals surface area contributed by atoms with Gasteiger partial charge in [0.15, 0.2) is 0 Å². The van der Waals surface area contributed by atoms with Crippen molar-refractivity contribution in [1.29, 1.82) is 0 Å². The Hall–Kier alpha value is -1.63. The maximum atomic E-state index is 11.8. The van der Waals surface area contributed by atoms with Crippen molar-refractivity contribution in [2.75, 3.05) is 20.1 Å². The van der Waals surface area contributed by atoms with Crippen molar-refractivity contribution in [3.05, 3.63) is 0 Å². The lowest BCUT2D eigenvalue weighted by molar-refractivity contribution is -0.129. The van der Waals surface area contributed by atoms with E-state index in [4.69, 9.17) is 5.73 Å². The highest BCUT2D eigenvalue weighted by Crippen LogP contribution is 2.07. The van der Waals surface area contributed by atoms with E-state index < -0.39 is 11.9 Å². The summed E-state index contributed by atoms with van der Waals surface area (Å²) in [4.78, 5) is 34.0. The van der Waals surface area contributed by atoms with Crippen molar-refractivity contribution in [3.63, 3.8) is 0 Å². The predicted octanol–water partition coefficient (Wildman–Crippen LogP) is -1.27. The van der Waals surface area contributed by atoms with Crippen molar-refractivity contribution in [1.82, 2.24) is 16.0 Å². The first kappa shape index (κ1) is 17.4. The molecule has 0 rings (SSSR count). The van der Waals surface area contributed by atoms with Crippen LogP contribution in [0.4, 0.5) is 0 Å². The molecule has 0 unspecified atom stereocenters. The van der Waals surface area contributed by atoms with Crippen LogP contribution in [0, 0.1) is 5.92 Å². The Bertz CT molecular complexity index is 318. The molecular weight excluding hydrogens is 248 g/mol. The minimum absolute atomic E-state index is 0.140. The molecule has 0 aromatic carbocycles. The van der Waals surface area contributed by atoms with E-state index in [9.17, 15) is 14.4 Å². The molecule has 7 heteroatoms. The van der Waals surface area contributed by atoms with Gasteiger partial charge in [-0.1, -0.05) is 13.8 Å². The van der Waals surface area contributed by atoms with Crippen LogP contribution in [-0.2, 0) is 14.4 Å². The summed E-state index contributed by atoms with van der Waals surface area (Å²) in [5, 5.41) is 7.74. The van der Waals surface area contributed by atoms with Gasteiger partial charge < -0.3 is 21.7 Å². The van der Waals surface area contributed by atoms with Gasteiger partial charge in [0.05, 0.1) is 13.1 Å². The number of primary amides is 1. The molecule has 5 N–H and O–H groups in total. The molecule has 0 aliphatic rings.